The van der Waals surface area contributed by atoms with Crippen LogP contribution in [-0.4, -0.2) is 50.9 Å². The lowest BCUT2D eigenvalue weighted by atomic mass is 10.2. The monoisotopic (exact) mass is 354 g/mol. The minimum absolute atomic E-state index is 0.280. The third-order valence-electron chi connectivity index (χ3n) is 4.49. The van der Waals surface area contributed by atoms with Crippen molar-refractivity contribution in [2.75, 3.05) is 13.7 Å². The van der Waals surface area contributed by atoms with Crippen LogP contribution in [0.3, 0.4) is 0 Å². The van der Waals surface area contributed by atoms with Crippen LogP contribution < -0.4 is 0 Å². The molecule has 1 atom stereocenters. The molecule has 1 unspecified atom stereocenters. The van der Waals surface area contributed by atoms with Gasteiger partial charge in [-0.05, 0) is 20.8 Å². The van der Waals surface area contributed by atoms with Gasteiger partial charge >= 0.3 is 0 Å². The third-order valence-corrected chi connectivity index (χ3v) is 6.71. The van der Waals surface area contributed by atoms with Crippen LogP contribution >= 0.6 is 0 Å². The average Bonchev–Trinajstić information content (AvgIpc) is 3.02. The van der Waals surface area contributed by atoms with Gasteiger partial charge in [0.15, 0.2) is 11.6 Å². The molecule has 0 fully saturated rings. The summed E-state index contributed by atoms with van der Waals surface area (Å²) in [5, 5.41) is 12.5. The highest BCUT2D eigenvalue weighted by Gasteiger charge is 2.39. The molecule has 1 aliphatic heterocycles. The smallest absolute Gasteiger partial charge is 0.247 e. The predicted molar refractivity (Wildman–Crippen MR) is 85.7 cm³/mol. The molecule has 3 heterocycles. The van der Waals surface area contributed by atoms with Crippen LogP contribution in [0.5, 0.6) is 0 Å². The van der Waals surface area contributed by atoms with Crippen molar-refractivity contribution in [1.29, 1.82) is 0 Å². The molecule has 132 valence electrons. The molecule has 0 radical (unpaired) electrons. The zero-order valence-electron chi connectivity index (χ0n) is 14.5. The highest BCUT2D eigenvalue weighted by molar-refractivity contribution is 7.89. The molecule has 0 saturated carbocycles. The Kier molecular flexibility index (Phi) is 4.22. The highest BCUT2D eigenvalue weighted by Crippen LogP contribution is 2.32. The van der Waals surface area contributed by atoms with Crippen LogP contribution in [0.2, 0.25) is 0 Å². The maximum absolute atomic E-state index is 13.2. The highest BCUT2D eigenvalue weighted by atomic mass is 32.2. The van der Waals surface area contributed by atoms with Gasteiger partial charge < -0.3 is 9.30 Å². The van der Waals surface area contributed by atoms with Gasteiger partial charge in [-0.25, -0.2) is 8.42 Å². The molecule has 0 saturated heterocycles. The lowest BCUT2D eigenvalue weighted by molar-refractivity contribution is 0.170. The predicted octanol–water partition coefficient (Wildman–Crippen LogP) is 0.540. The van der Waals surface area contributed by atoms with Crippen molar-refractivity contribution in [3.8, 4) is 0 Å². The Labute approximate surface area is 141 Å². The van der Waals surface area contributed by atoms with Crippen molar-refractivity contribution in [2.45, 2.75) is 44.9 Å². The summed E-state index contributed by atoms with van der Waals surface area (Å²) < 4.78 is 36.5. The Morgan fingerprint density at radius 1 is 1.25 bits per heavy atom. The Balaban J connectivity index is 2.01. The van der Waals surface area contributed by atoms with Gasteiger partial charge in [-0.15, -0.1) is 10.2 Å². The first kappa shape index (κ1) is 17.1. The Morgan fingerprint density at radius 2 is 1.96 bits per heavy atom. The van der Waals surface area contributed by atoms with Crippen molar-refractivity contribution in [1.82, 2.24) is 28.9 Å². The fraction of sp³-hybridized carbons (Fsp3) is 0.643. The van der Waals surface area contributed by atoms with Crippen LogP contribution in [0.15, 0.2) is 4.90 Å². The topological polar surface area (TPSA) is 95.1 Å². The summed E-state index contributed by atoms with van der Waals surface area (Å²) >= 11 is 0. The first-order valence-corrected chi connectivity index (χ1v) is 9.16. The van der Waals surface area contributed by atoms with Crippen LogP contribution in [-0.2, 0) is 35.0 Å². The summed E-state index contributed by atoms with van der Waals surface area (Å²) in [6.07, 6.45) is 0. The molecular weight excluding hydrogens is 332 g/mol. The molecular formula is C14H22N6O3S. The maximum Gasteiger partial charge on any atom is 0.247 e. The summed E-state index contributed by atoms with van der Waals surface area (Å²) in [7, 11) is -0.319. The lowest BCUT2D eigenvalue weighted by Gasteiger charge is -2.32. The van der Waals surface area contributed by atoms with Crippen molar-refractivity contribution in [3.63, 3.8) is 0 Å². The van der Waals surface area contributed by atoms with Crippen molar-refractivity contribution >= 4 is 10.0 Å². The molecule has 1 aliphatic rings. The summed E-state index contributed by atoms with van der Waals surface area (Å²) in [4.78, 5) is 0.280. The Bertz CT molecular complexity index is 869. The molecule has 24 heavy (non-hydrogen) atoms. The van der Waals surface area contributed by atoms with Crippen molar-refractivity contribution in [2.24, 2.45) is 7.05 Å². The quantitative estimate of drug-likeness (QED) is 0.795. The maximum atomic E-state index is 13.2. The molecule has 9 nitrogen and oxygen atoms in total. The number of nitrogens with zero attached hydrogens (tertiary/aromatic N) is 6. The normalized spacial score (nSPS) is 18.8. The second kappa shape index (κ2) is 5.94. The minimum Gasteiger partial charge on any atom is -0.377 e. The van der Waals surface area contributed by atoms with Crippen LogP contribution in [0, 0.1) is 13.8 Å². The number of ether oxygens (including phenoxy) is 1. The molecule has 0 bridgehead atoms. The second-order valence-corrected chi connectivity index (χ2v) is 7.80. The van der Waals surface area contributed by atoms with Crippen LogP contribution in [0.1, 0.15) is 36.0 Å². The van der Waals surface area contributed by atoms with Gasteiger partial charge in [0.05, 0.1) is 17.4 Å². The summed E-state index contributed by atoms with van der Waals surface area (Å²) in [6, 6.07) is -0.402. The standard InChI is InChI=1S/C14H22N6O3S/c1-9-13(10(2)18(4)17-9)24(21,22)20-7-6-19-12(8-23-5)15-16-14(19)11(20)3/h11H,6-8H2,1-5H3. The zero-order valence-corrected chi connectivity index (χ0v) is 15.3. The third kappa shape index (κ3) is 2.45. The van der Waals surface area contributed by atoms with E-state index in [1.807, 2.05) is 11.5 Å². The number of aryl methyl sites for hydroxylation is 2. The number of aromatic nitrogens is 5. The van der Waals surface area contributed by atoms with E-state index in [2.05, 4.69) is 15.3 Å². The Morgan fingerprint density at radius 3 is 2.54 bits per heavy atom. The Hall–Kier alpha value is -1.78. The van der Waals surface area contributed by atoms with Crippen molar-refractivity contribution in [3.05, 3.63) is 23.0 Å². The molecule has 2 aromatic heterocycles. The van der Waals surface area contributed by atoms with Gasteiger partial charge in [-0.1, -0.05) is 0 Å². The molecule has 0 N–H and O–H groups in total. The first-order valence-electron chi connectivity index (χ1n) is 7.72. The number of rotatable bonds is 4. The van der Waals surface area contributed by atoms with Gasteiger partial charge in [-0.2, -0.15) is 9.40 Å². The molecule has 0 spiro atoms. The number of hydrogen-bond donors (Lipinski definition) is 0. The molecule has 10 heteroatoms. The SMILES string of the molecule is COCc1nnc2n1CCN(S(=O)(=O)c1c(C)nn(C)c1C)C2C. The van der Waals surface area contributed by atoms with E-state index in [0.717, 1.165) is 0 Å². The van der Waals surface area contributed by atoms with E-state index in [0.29, 0.717) is 42.7 Å². The van der Waals surface area contributed by atoms with E-state index >= 15 is 0 Å². The molecule has 0 aromatic carbocycles. The average molecular weight is 354 g/mol. The van der Waals surface area contributed by atoms with E-state index in [-0.39, 0.29) is 4.90 Å². The van der Waals surface area contributed by atoms with E-state index in [1.54, 1.807) is 32.7 Å². The van der Waals surface area contributed by atoms with Gasteiger partial charge in [-0.3, -0.25) is 4.68 Å². The van der Waals surface area contributed by atoms with E-state index in [1.165, 1.54) is 4.31 Å². The number of sulfonamides is 1. The second-order valence-electron chi connectivity index (χ2n) is 5.97. The van der Waals surface area contributed by atoms with Crippen LogP contribution in [0.25, 0.3) is 0 Å². The van der Waals surface area contributed by atoms with Gasteiger partial charge in [0.25, 0.3) is 0 Å². The minimum atomic E-state index is -3.66. The summed E-state index contributed by atoms with van der Waals surface area (Å²) in [6.45, 7) is 6.53. The summed E-state index contributed by atoms with van der Waals surface area (Å²) in [5.41, 5.74) is 1.14. The zero-order chi connectivity index (χ0) is 17.6. The largest absolute Gasteiger partial charge is 0.377 e. The number of hydrogen-bond acceptors (Lipinski definition) is 6. The fourth-order valence-electron chi connectivity index (χ4n) is 3.23. The number of fused-ring (bicyclic) bond motifs is 1. The van der Waals surface area contributed by atoms with E-state index < -0.39 is 16.1 Å². The van der Waals surface area contributed by atoms with E-state index in [4.69, 9.17) is 4.74 Å². The molecule has 0 amide bonds. The van der Waals surface area contributed by atoms with Crippen LogP contribution in [0.4, 0.5) is 0 Å². The molecule has 2 aromatic rings. The summed E-state index contributed by atoms with van der Waals surface area (Å²) in [5.74, 6) is 1.35. The fourth-order valence-corrected chi connectivity index (χ4v) is 5.22. The number of methoxy groups -OCH3 is 1. The lowest BCUT2D eigenvalue weighted by Crippen LogP contribution is -2.41. The van der Waals surface area contributed by atoms with Gasteiger partial charge in [0, 0.05) is 27.2 Å². The van der Waals surface area contributed by atoms with E-state index in [9.17, 15) is 8.42 Å². The van der Waals surface area contributed by atoms with Crippen molar-refractivity contribution < 1.29 is 13.2 Å². The van der Waals surface area contributed by atoms with Gasteiger partial charge in [0.2, 0.25) is 10.0 Å². The molecule has 0 aliphatic carbocycles. The first-order chi connectivity index (χ1) is 11.3. The molecule has 3 rings (SSSR count). The van der Waals surface area contributed by atoms with Gasteiger partial charge in [0.1, 0.15) is 11.5 Å².